The van der Waals surface area contributed by atoms with Crippen molar-refractivity contribution in [1.29, 1.82) is 0 Å². The third-order valence-corrected chi connectivity index (χ3v) is 4.22. The summed E-state index contributed by atoms with van der Waals surface area (Å²) in [6.07, 6.45) is 3.80. The lowest BCUT2D eigenvalue weighted by Gasteiger charge is -2.32. The fourth-order valence-electron chi connectivity index (χ4n) is 2.65. The van der Waals surface area contributed by atoms with Gasteiger partial charge in [-0.3, -0.25) is 4.79 Å². The molecule has 0 radical (unpaired) electrons. The van der Waals surface area contributed by atoms with Gasteiger partial charge in [-0.1, -0.05) is 18.2 Å². The normalized spacial score (nSPS) is 24.2. The lowest BCUT2D eigenvalue weighted by molar-refractivity contribution is -0.126. The van der Waals surface area contributed by atoms with Crippen LogP contribution in [0.1, 0.15) is 25.7 Å². The maximum absolute atomic E-state index is 12.1. The molecule has 1 heterocycles. The predicted molar refractivity (Wildman–Crippen MR) is 86.4 cm³/mol. The van der Waals surface area contributed by atoms with E-state index in [0.717, 1.165) is 24.7 Å². The van der Waals surface area contributed by atoms with Gasteiger partial charge in [0, 0.05) is 13.2 Å². The summed E-state index contributed by atoms with van der Waals surface area (Å²) in [5.41, 5.74) is 0. The number of benzene rings is 1. The van der Waals surface area contributed by atoms with Crippen LogP contribution >= 0.6 is 0 Å². The van der Waals surface area contributed by atoms with Gasteiger partial charge in [-0.05, 0) is 37.3 Å². The van der Waals surface area contributed by atoms with Crippen molar-refractivity contribution in [3.8, 4) is 5.75 Å². The molecule has 1 N–H and O–H groups in total. The molecular formula is C18H25NO4. The SMILES string of the molecule is O=C(CCOc1ccccc1)N[C@@H]1COCC[C@@H]1OCC1CC1. The first-order chi connectivity index (χ1) is 11.3. The summed E-state index contributed by atoms with van der Waals surface area (Å²) >= 11 is 0. The molecule has 23 heavy (non-hydrogen) atoms. The van der Waals surface area contributed by atoms with Crippen LogP contribution in [0.25, 0.3) is 0 Å². The fraction of sp³-hybridized carbons (Fsp3) is 0.611. The minimum absolute atomic E-state index is 0.0172. The minimum atomic E-state index is -0.0493. The van der Waals surface area contributed by atoms with Crippen LogP contribution in [0.2, 0.25) is 0 Å². The third kappa shape index (κ3) is 5.52. The van der Waals surface area contributed by atoms with Crippen LogP contribution < -0.4 is 10.1 Å². The quantitative estimate of drug-likeness (QED) is 0.798. The van der Waals surface area contributed by atoms with Crippen LogP contribution in [0.3, 0.4) is 0 Å². The zero-order chi connectivity index (χ0) is 15.9. The van der Waals surface area contributed by atoms with E-state index in [-0.39, 0.29) is 18.1 Å². The molecule has 5 nitrogen and oxygen atoms in total. The Morgan fingerprint density at radius 3 is 2.83 bits per heavy atom. The van der Waals surface area contributed by atoms with E-state index >= 15 is 0 Å². The number of nitrogens with one attached hydrogen (secondary N) is 1. The van der Waals surface area contributed by atoms with Crippen molar-refractivity contribution in [3.05, 3.63) is 30.3 Å². The van der Waals surface area contributed by atoms with E-state index in [1.54, 1.807) is 0 Å². The summed E-state index contributed by atoms with van der Waals surface area (Å²) in [4.78, 5) is 12.1. The highest BCUT2D eigenvalue weighted by Crippen LogP contribution is 2.30. The molecule has 1 aromatic carbocycles. The highest BCUT2D eigenvalue weighted by molar-refractivity contribution is 5.76. The van der Waals surface area contributed by atoms with Gasteiger partial charge < -0.3 is 19.5 Å². The Kier molecular flexibility index (Phi) is 5.88. The summed E-state index contributed by atoms with van der Waals surface area (Å²) in [6, 6.07) is 9.48. The van der Waals surface area contributed by atoms with E-state index < -0.39 is 0 Å². The van der Waals surface area contributed by atoms with Crippen molar-refractivity contribution < 1.29 is 19.0 Å². The molecular weight excluding hydrogens is 294 g/mol. The molecule has 1 aromatic rings. The molecule has 0 aromatic heterocycles. The molecule has 2 fully saturated rings. The monoisotopic (exact) mass is 319 g/mol. The van der Waals surface area contributed by atoms with Gasteiger partial charge in [-0.2, -0.15) is 0 Å². The van der Waals surface area contributed by atoms with Gasteiger partial charge in [0.15, 0.2) is 0 Å². The summed E-state index contributed by atoms with van der Waals surface area (Å²) < 4.78 is 17.0. The summed E-state index contributed by atoms with van der Waals surface area (Å²) in [6.45, 7) is 2.42. The van der Waals surface area contributed by atoms with E-state index in [1.165, 1.54) is 12.8 Å². The molecule has 3 rings (SSSR count). The number of hydrogen-bond donors (Lipinski definition) is 1. The number of ether oxygens (including phenoxy) is 3. The zero-order valence-electron chi connectivity index (χ0n) is 13.4. The number of rotatable bonds is 8. The Labute approximate surface area is 137 Å². The van der Waals surface area contributed by atoms with E-state index in [1.807, 2.05) is 30.3 Å². The smallest absolute Gasteiger partial charge is 0.223 e. The first kappa shape index (κ1) is 16.3. The lowest BCUT2D eigenvalue weighted by atomic mass is 10.1. The Morgan fingerprint density at radius 1 is 1.22 bits per heavy atom. The van der Waals surface area contributed by atoms with Crippen LogP contribution in [0, 0.1) is 5.92 Å². The standard InChI is InChI=1S/C18H25NO4/c20-18(9-11-22-15-4-2-1-3-5-15)19-16-13-21-10-8-17(16)23-12-14-6-7-14/h1-5,14,16-17H,6-13H2,(H,19,20)/t16-,17+/m1/s1. The zero-order valence-corrected chi connectivity index (χ0v) is 13.4. The Bertz CT molecular complexity index is 489. The maximum Gasteiger partial charge on any atom is 0.223 e. The maximum atomic E-state index is 12.1. The average Bonchev–Trinajstić information content (AvgIpc) is 3.39. The van der Waals surface area contributed by atoms with Crippen molar-refractivity contribution in [2.45, 2.75) is 37.8 Å². The average molecular weight is 319 g/mol. The van der Waals surface area contributed by atoms with E-state index in [9.17, 15) is 4.79 Å². The molecule has 5 heteroatoms. The summed E-state index contributed by atoms with van der Waals surface area (Å²) in [5.74, 6) is 1.50. The molecule has 0 unspecified atom stereocenters. The first-order valence-electron chi connectivity index (χ1n) is 8.48. The molecule has 1 saturated heterocycles. The molecule has 0 spiro atoms. The molecule has 0 bridgehead atoms. The summed E-state index contributed by atoms with van der Waals surface area (Å²) in [7, 11) is 0. The van der Waals surface area contributed by atoms with Gasteiger partial charge in [-0.15, -0.1) is 0 Å². The highest BCUT2D eigenvalue weighted by atomic mass is 16.5. The number of amides is 1. The van der Waals surface area contributed by atoms with Crippen molar-refractivity contribution in [2.24, 2.45) is 5.92 Å². The first-order valence-corrected chi connectivity index (χ1v) is 8.48. The minimum Gasteiger partial charge on any atom is -0.493 e. The number of carbonyl (C=O) groups is 1. The number of hydrogen-bond acceptors (Lipinski definition) is 4. The molecule has 1 amide bonds. The number of carbonyl (C=O) groups excluding carboxylic acids is 1. The Morgan fingerprint density at radius 2 is 2.04 bits per heavy atom. The fourth-order valence-corrected chi connectivity index (χ4v) is 2.65. The molecule has 1 aliphatic heterocycles. The number of para-hydroxylation sites is 1. The van der Waals surface area contributed by atoms with Crippen molar-refractivity contribution in [2.75, 3.05) is 26.4 Å². The van der Waals surface area contributed by atoms with Crippen LogP contribution in [0.5, 0.6) is 5.75 Å². The van der Waals surface area contributed by atoms with Gasteiger partial charge in [0.25, 0.3) is 0 Å². The van der Waals surface area contributed by atoms with Gasteiger partial charge in [0.05, 0.1) is 31.8 Å². The highest BCUT2D eigenvalue weighted by Gasteiger charge is 2.30. The lowest BCUT2D eigenvalue weighted by Crippen LogP contribution is -2.50. The molecule has 1 aliphatic carbocycles. The Hall–Kier alpha value is -1.59. The molecule has 1 saturated carbocycles. The van der Waals surface area contributed by atoms with Gasteiger partial charge in [0.1, 0.15) is 5.75 Å². The van der Waals surface area contributed by atoms with Crippen LogP contribution in [-0.2, 0) is 14.3 Å². The largest absolute Gasteiger partial charge is 0.493 e. The van der Waals surface area contributed by atoms with Gasteiger partial charge >= 0.3 is 0 Å². The second-order valence-electron chi connectivity index (χ2n) is 6.26. The third-order valence-electron chi connectivity index (χ3n) is 4.22. The summed E-state index contributed by atoms with van der Waals surface area (Å²) in [5, 5.41) is 3.03. The van der Waals surface area contributed by atoms with E-state index in [0.29, 0.717) is 26.2 Å². The predicted octanol–water partition coefficient (Wildman–Crippen LogP) is 2.16. The van der Waals surface area contributed by atoms with Crippen LogP contribution in [0.4, 0.5) is 0 Å². The van der Waals surface area contributed by atoms with Gasteiger partial charge in [0.2, 0.25) is 5.91 Å². The second kappa shape index (κ2) is 8.31. The van der Waals surface area contributed by atoms with Crippen LogP contribution in [0.15, 0.2) is 30.3 Å². The van der Waals surface area contributed by atoms with Crippen LogP contribution in [-0.4, -0.2) is 44.5 Å². The van der Waals surface area contributed by atoms with Gasteiger partial charge in [-0.25, -0.2) is 0 Å². The van der Waals surface area contributed by atoms with Crippen molar-refractivity contribution >= 4 is 5.91 Å². The van der Waals surface area contributed by atoms with E-state index in [4.69, 9.17) is 14.2 Å². The van der Waals surface area contributed by atoms with E-state index in [2.05, 4.69) is 5.32 Å². The van der Waals surface area contributed by atoms with Crippen molar-refractivity contribution in [3.63, 3.8) is 0 Å². The molecule has 126 valence electrons. The topological polar surface area (TPSA) is 56.8 Å². The molecule has 2 aliphatic rings. The molecule has 2 atom stereocenters. The Balaban J connectivity index is 1.38. The van der Waals surface area contributed by atoms with Crippen molar-refractivity contribution in [1.82, 2.24) is 5.32 Å². The second-order valence-corrected chi connectivity index (χ2v) is 6.26.